The van der Waals surface area contributed by atoms with Gasteiger partial charge in [-0.2, -0.15) is 0 Å². The molecule has 1 rings (SSSR count). The normalized spacial score (nSPS) is 18.2. The number of amides is 1. The molecule has 1 saturated carbocycles. The molecule has 1 unspecified atom stereocenters. The van der Waals surface area contributed by atoms with Crippen LogP contribution < -0.4 is 10.6 Å². The second-order valence-corrected chi connectivity index (χ2v) is 6.37. The first-order valence-electron chi connectivity index (χ1n) is 8.73. The average molecular weight is 328 g/mol. The Bertz CT molecular complexity index is 370. The fourth-order valence-electron chi connectivity index (χ4n) is 2.69. The maximum Gasteiger partial charge on any atom is 0.325 e. The van der Waals surface area contributed by atoms with Gasteiger partial charge in [0.05, 0.1) is 19.8 Å². The zero-order chi connectivity index (χ0) is 17.1. The topological polar surface area (TPSA) is 76.7 Å². The highest BCUT2D eigenvalue weighted by molar-refractivity contribution is 5.82. The molecule has 23 heavy (non-hydrogen) atoms. The van der Waals surface area contributed by atoms with Crippen LogP contribution in [0, 0.1) is 0 Å². The first-order valence-corrected chi connectivity index (χ1v) is 8.73. The summed E-state index contributed by atoms with van der Waals surface area (Å²) in [5, 5.41) is 5.81. The van der Waals surface area contributed by atoms with E-state index in [2.05, 4.69) is 10.6 Å². The number of carbonyl (C=O) groups is 2. The van der Waals surface area contributed by atoms with Crippen LogP contribution in [0.15, 0.2) is 0 Å². The van der Waals surface area contributed by atoms with Crippen LogP contribution in [-0.2, 0) is 19.1 Å². The van der Waals surface area contributed by atoms with Gasteiger partial charge in [0.25, 0.3) is 0 Å². The van der Waals surface area contributed by atoms with Crippen LogP contribution in [0.1, 0.15) is 58.8 Å². The first-order chi connectivity index (χ1) is 11.0. The number of ether oxygens (including phenoxy) is 2. The molecule has 0 aliphatic heterocycles. The molecule has 6 heteroatoms. The third kappa shape index (κ3) is 7.31. The minimum Gasteiger partial charge on any atom is -0.468 e. The van der Waals surface area contributed by atoms with Crippen LogP contribution in [0.5, 0.6) is 0 Å². The Morgan fingerprint density at radius 1 is 1.22 bits per heavy atom. The molecule has 0 saturated heterocycles. The fraction of sp³-hybridized carbons (Fsp3) is 0.882. The Labute approximate surface area is 139 Å². The molecule has 0 aromatic carbocycles. The molecule has 1 atom stereocenters. The Balaban J connectivity index is 2.10. The number of esters is 1. The molecular formula is C17H32N2O4. The van der Waals surface area contributed by atoms with Crippen molar-refractivity contribution in [3.8, 4) is 0 Å². The summed E-state index contributed by atoms with van der Waals surface area (Å²) in [6.45, 7) is 5.00. The van der Waals surface area contributed by atoms with Crippen molar-refractivity contribution in [2.45, 2.75) is 70.4 Å². The Morgan fingerprint density at radius 3 is 2.52 bits per heavy atom. The van der Waals surface area contributed by atoms with Crippen molar-refractivity contribution in [1.29, 1.82) is 0 Å². The number of hydrogen-bond acceptors (Lipinski definition) is 5. The van der Waals surface area contributed by atoms with Gasteiger partial charge in [-0.3, -0.25) is 14.9 Å². The zero-order valence-corrected chi connectivity index (χ0v) is 14.8. The Kier molecular flexibility index (Phi) is 9.17. The third-order valence-corrected chi connectivity index (χ3v) is 4.53. The van der Waals surface area contributed by atoms with Crippen molar-refractivity contribution in [2.75, 3.05) is 26.8 Å². The maximum absolute atomic E-state index is 11.8. The molecule has 1 amide bonds. The number of rotatable bonds is 10. The maximum atomic E-state index is 11.8. The van der Waals surface area contributed by atoms with Gasteiger partial charge < -0.3 is 14.8 Å². The number of carbonyl (C=O) groups excluding carboxylic acids is 2. The standard InChI is InChI=1S/C17H32N2O4/c1-4-17(2,16(21)22-3)19-13-15(20)18-11-8-12-23-14-9-6-5-7-10-14/h14,19H,4-13H2,1-3H3,(H,18,20). The summed E-state index contributed by atoms with van der Waals surface area (Å²) >= 11 is 0. The minimum absolute atomic E-state index is 0.100. The molecule has 1 aliphatic rings. The lowest BCUT2D eigenvalue weighted by Gasteiger charge is -2.26. The molecule has 0 aromatic heterocycles. The first kappa shape index (κ1) is 19.9. The molecule has 0 spiro atoms. The van der Waals surface area contributed by atoms with E-state index in [-0.39, 0.29) is 18.4 Å². The highest BCUT2D eigenvalue weighted by Gasteiger charge is 2.32. The molecule has 0 heterocycles. The summed E-state index contributed by atoms with van der Waals surface area (Å²) in [5.41, 5.74) is -0.823. The van der Waals surface area contributed by atoms with Crippen LogP contribution in [0.3, 0.4) is 0 Å². The van der Waals surface area contributed by atoms with Gasteiger partial charge in [-0.25, -0.2) is 0 Å². The second kappa shape index (κ2) is 10.6. The molecule has 0 bridgehead atoms. The molecule has 0 aromatic rings. The van der Waals surface area contributed by atoms with Gasteiger partial charge in [0, 0.05) is 13.2 Å². The fourth-order valence-corrected chi connectivity index (χ4v) is 2.69. The summed E-state index contributed by atoms with van der Waals surface area (Å²) in [7, 11) is 1.35. The summed E-state index contributed by atoms with van der Waals surface area (Å²) in [4.78, 5) is 23.5. The molecule has 0 radical (unpaired) electrons. The van der Waals surface area contributed by atoms with E-state index >= 15 is 0 Å². The highest BCUT2D eigenvalue weighted by atomic mass is 16.5. The summed E-state index contributed by atoms with van der Waals surface area (Å²) in [6.07, 6.45) is 7.97. The molecule has 1 fully saturated rings. The van der Waals surface area contributed by atoms with Gasteiger partial charge in [0.2, 0.25) is 5.91 Å². The van der Waals surface area contributed by atoms with Gasteiger partial charge in [-0.15, -0.1) is 0 Å². The molecule has 134 valence electrons. The van der Waals surface area contributed by atoms with E-state index in [1.54, 1.807) is 6.92 Å². The predicted octanol–water partition coefficient (Wildman–Crippen LogP) is 1.77. The number of methoxy groups -OCH3 is 1. The van der Waals surface area contributed by atoms with Crippen molar-refractivity contribution < 1.29 is 19.1 Å². The lowest BCUT2D eigenvalue weighted by molar-refractivity contribution is -0.148. The summed E-state index contributed by atoms with van der Waals surface area (Å²) in [6, 6.07) is 0. The van der Waals surface area contributed by atoms with Crippen LogP contribution in [0.2, 0.25) is 0 Å². The van der Waals surface area contributed by atoms with Crippen molar-refractivity contribution in [3.05, 3.63) is 0 Å². The third-order valence-electron chi connectivity index (χ3n) is 4.53. The summed E-state index contributed by atoms with van der Waals surface area (Å²) in [5.74, 6) is -0.472. The van der Waals surface area contributed by atoms with E-state index in [4.69, 9.17) is 9.47 Å². The van der Waals surface area contributed by atoms with Crippen molar-refractivity contribution >= 4 is 11.9 Å². The lowest BCUT2D eigenvalue weighted by Crippen LogP contribution is -2.52. The van der Waals surface area contributed by atoms with Crippen LogP contribution >= 0.6 is 0 Å². The predicted molar refractivity (Wildman–Crippen MR) is 89.2 cm³/mol. The minimum atomic E-state index is -0.823. The van der Waals surface area contributed by atoms with Crippen LogP contribution in [-0.4, -0.2) is 50.3 Å². The SMILES string of the molecule is CCC(C)(NCC(=O)NCCCOC1CCCCC1)C(=O)OC. The quantitative estimate of drug-likeness (QED) is 0.472. The monoisotopic (exact) mass is 328 g/mol. The molecule has 2 N–H and O–H groups in total. The average Bonchev–Trinajstić information content (AvgIpc) is 2.59. The van der Waals surface area contributed by atoms with E-state index in [1.165, 1.54) is 39.2 Å². The molecule has 6 nitrogen and oxygen atoms in total. The van der Waals surface area contributed by atoms with Crippen molar-refractivity contribution in [1.82, 2.24) is 10.6 Å². The van der Waals surface area contributed by atoms with Gasteiger partial charge in [0.1, 0.15) is 5.54 Å². The Hall–Kier alpha value is -1.14. The Morgan fingerprint density at radius 2 is 1.91 bits per heavy atom. The van der Waals surface area contributed by atoms with Crippen LogP contribution in [0.4, 0.5) is 0 Å². The summed E-state index contributed by atoms with van der Waals surface area (Å²) < 4.78 is 10.6. The highest BCUT2D eigenvalue weighted by Crippen LogP contribution is 2.20. The number of nitrogens with one attached hydrogen (secondary N) is 2. The van der Waals surface area contributed by atoms with Gasteiger partial charge in [-0.05, 0) is 32.6 Å². The van der Waals surface area contributed by atoms with Gasteiger partial charge in [-0.1, -0.05) is 26.2 Å². The zero-order valence-electron chi connectivity index (χ0n) is 14.8. The lowest BCUT2D eigenvalue weighted by atomic mass is 9.98. The molecule has 1 aliphatic carbocycles. The van der Waals surface area contributed by atoms with Crippen LogP contribution in [0.25, 0.3) is 0 Å². The van der Waals surface area contributed by atoms with E-state index in [0.29, 0.717) is 25.7 Å². The van der Waals surface area contributed by atoms with Gasteiger partial charge in [0.15, 0.2) is 0 Å². The van der Waals surface area contributed by atoms with E-state index < -0.39 is 5.54 Å². The van der Waals surface area contributed by atoms with E-state index in [0.717, 1.165) is 6.42 Å². The van der Waals surface area contributed by atoms with Crippen molar-refractivity contribution in [3.63, 3.8) is 0 Å². The van der Waals surface area contributed by atoms with E-state index in [1.807, 2.05) is 6.92 Å². The van der Waals surface area contributed by atoms with Gasteiger partial charge >= 0.3 is 5.97 Å². The second-order valence-electron chi connectivity index (χ2n) is 6.37. The largest absolute Gasteiger partial charge is 0.468 e. The van der Waals surface area contributed by atoms with E-state index in [9.17, 15) is 9.59 Å². The smallest absolute Gasteiger partial charge is 0.325 e. The molecular weight excluding hydrogens is 296 g/mol. The number of hydrogen-bond donors (Lipinski definition) is 2. The van der Waals surface area contributed by atoms with Crippen molar-refractivity contribution in [2.24, 2.45) is 0 Å².